The number of methoxy groups -OCH3 is 1. The minimum absolute atomic E-state index is 0.181. The fraction of sp³-hybridized carbons (Fsp3) is 0.333. The van der Waals surface area contributed by atoms with Crippen LogP contribution in [0.1, 0.15) is 31.7 Å². The van der Waals surface area contributed by atoms with E-state index in [4.69, 9.17) is 27.9 Å². The van der Waals surface area contributed by atoms with Crippen molar-refractivity contribution in [3.05, 3.63) is 46.5 Å². The Balaban J connectivity index is 2.44. The molecule has 0 radical (unpaired) electrons. The number of hydrogen-bond donors (Lipinski definition) is 0. The van der Waals surface area contributed by atoms with Gasteiger partial charge in [0.05, 0.1) is 5.56 Å². The number of benzene rings is 1. The van der Waals surface area contributed by atoms with Gasteiger partial charge in [0.15, 0.2) is 5.82 Å². The number of hydrogen-bond acceptors (Lipinski definition) is 3. The third-order valence-corrected chi connectivity index (χ3v) is 3.57. The summed E-state index contributed by atoms with van der Waals surface area (Å²) >= 11 is 12.6. The van der Waals surface area contributed by atoms with Gasteiger partial charge in [-0.05, 0) is 12.0 Å². The van der Waals surface area contributed by atoms with Crippen LogP contribution in [0.5, 0.6) is 0 Å². The molecule has 3 nitrogen and oxygen atoms in total. The Morgan fingerprint density at radius 1 is 1.10 bits per heavy atom. The van der Waals surface area contributed by atoms with Crippen LogP contribution >= 0.6 is 23.2 Å². The van der Waals surface area contributed by atoms with Crippen molar-refractivity contribution >= 4 is 23.2 Å². The van der Waals surface area contributed by atoms with E-state index >= 15 is 0 Å². The van der Waals surface area contributed by atoms with Gasteiger partial charge in [-0.15, -0.1) is 0 Å². The minimum atomic E-state index is -0.181. The summed E-state index contributed by atoms with van der Waals surface area (Å²) in [6.07, 6.45) is 1.62. The van der Waals surface area contributed by atoms with Crippen molar-refractivity contribution in [1.82, 2.24) is 9.97 Å². The lowest BCUT2D eigenvalue weighted by molar-refractivity contribution is 0.0876. The molecular formula is C15H16Cl2N2O. The normalized spacial score (nSPS) is 12.4. The average molecular weight is 311 g/mol. The largest absolute Gasteiger partial charge is 0.373 e. The second-order valence-electron chi connectivity index (χ2n) is 4.42. The molecule has 0 aliphatic rings. The molecule has 1 aromatic heterocycles. The molecule has 1 atom stereocenters. The Morgan fingerprint density at radius 2 is 1.70 bits per heavy atom. The third-order valence-electron chi connectivity index (χ3n) is 3.02. The Morgan fingerprint density at radius 3 is 2.20 bits per heavy atom. The number of halogens is 2. The molecule has 106 valence electrons. The molecule has 0 N–H and O–H groups in total. The SMILES string of the molecule is CCCC(OC)c1nc(Cl)c(-c2ccccc2)c(Cl)n1. The molecule has 0 spiro atoms. The molecule has 2 aromatic rings. The lowest BCUT2D eigenvalue weighted by Gasteiger charge is -2.15. The van der Waals surface area contributed by atoms with E-state index in [1.807, 2.05) is 30.3 Å². The molecule has 0 amide bonds. The van der Waals surface area contributed by atoms with Crippen LogP contribution in [0.4, 0.5) is 0 Å². The molecule has 0 aliphatic heterocycles. The summed E-state index contributed by atoms with van der Waals surface area (Å²) in [5.74, 6) is 0.532. The standard InChI is InChI=1S/C15H16Cl2N2O/c1-3-7-11(20-2)15-18-13(16)12(14(17)19-15)10-8-5-4-6-9-10/h4-6,8-9,11H,3,7H2,1-2H3. The summed E-state index contributed by atoms with van der Waals surface area (Å²) in [6.45, 7) is 2.08. The molecule has 0 fully saturated rings. The first-order valence-electron chi connectivity index (χ1n) is 6.48. The topological polar surface area (TPSA) is 35.0 Å². The maximum absolute atomic E-state index is 6.28. The van der Waals surface area contributed by atoms with Crippen LogP contribution in [0, 0.1) is 0 Å². The molecule has 20 heavy (non-hydrogen) atoms. The van der Waals surface area contributed by atoms with Gasteiger partial charge in [0, 0.05) is 7.11 Å². The Labute approximate surface area is 128 Å². The summed E-state index contributed by atoms with van der Waals surface area (Å²) in [5, 5.41) is 0.703. The van der Waals surface area contributed by atoms with Crippen molar-refractivity contribution in [2.45, 2.75) is 25.9 Å². The molecule has 1 unspecified atom stereocenters. The van der Waals surface area contributed by atoms with E-state index in [9.17, 15) is 0 Å². The van der Waals surface area contributed by atoms with Crippen LogP contribution in [-0.4, -0.2) is 17.1 Å². The second-order valence-corrected chi connectivity index (χ2v) is 5.13. The van der Waals surface area contributed by atoms with Gasteiger partial charge in [-0.25, -0.2) is 9.97 Å². The van der Waals surface area contributed by atoms with E-state index in [1.54, 1.807) is 7.11 Å². The van der Waals surface area contributed by atoms with E-state index in [2.05, 4.69) is 16.9 Å². The number of rotatable bonds is 5. The van der Waals surface area contributed by atoms with Crippen molar-refractivity contribution in [3.8, 4) is 11.1 Å². The van der Waals surface area contributed by atoms with E-state index in [-0.39, 0.29) is 6.10 Å². The van der Waals surface area contributed by atoms with Crippen LogP contribution in [0.2, 0.25) is 10.3 Å². The molecule has 0 bridgehead atoms. The molecule has 0 aliphatic carbocycles. The summed E-state index contributed by atoms with van der Waals surface area (Å²) in [5.41, 5.74) is 1.56. The third kappa shape index (κ3) is 3.29. The summed E-state index contributed by atoms with van der Waals surface area (Å²) in [7, 11) is 1.64. The van der Waals surface area contributed by atoms with Gasteiger partial charge in [-0.2, -0.15) is 0 Å². The van der Waals surface area contributed by atoms with Crippen molar-refractivity contribution in [2.75, 3.05) is 7.11 Å². The first-order valence-corrected chi connectivity index (χ1v) is 7.24. The first-order chi connectivity index (χ1) is 9.67. The molecule has 1 aromatic carbocycles. The monoisotopic (exact) mass is 310 g/mol. The highest BCUT2D eigenvalue weighted by Gasteiger charge is 2.19. The summed E-state index contributed by atoms with van der Waals surface area (Å²) < 4.78 is 5.39. The Hall–Kier alpha value is -1.16. The predicted octanol–water partition coefficient (Wildman–Crippen LogP) is 4.94. The molecule has 2 rings (SSSR count). The van der Waals surface area contributed by atoms with Gasteiger partial charge >= 0.3 is 0 Å². The van der Waals surface area contributed by atoms with E-state index in [0.29, 0.717) is 21.7 Å². The van der Waals surface area contributed by atoms with Crippen LogP contribution in [0.15, 0.2) is 30.3 Å². The lowest BCUT2D eigenvalue weighted by Crippen LogP contribution is -2.08. The summed E-state index contributed by atoms with van der Waals surface area (Å²) in [6, 6.07) is 9.63. The predicted molar refractivity (Wildman–Crippen MR) is 82.1 cm³/mol. The van der Waals surface area contributed by atoms with Gasteiger partial charge < -0.3 is 4.74 Å². The van der Waals surface area contributed by atoms with Crippen molar-refractivity contribution in [1.29, 1.82) is 0 Å². The van der Waals surface area contributed by atoms with Crippen LogP contribution in [-0.2, 0) is 4.74 Å². The highest BCUT2D eigenvalue weighted by molar-refractivity contribution is 6.37. The Bertz CT molecular complexity index is 552. The zero-order valence-corrected chi connectivity index (χ0v) is 12.9. The van der Waals surface area contributed by atoms with Gasteiger partial charge in [-0.1, -0.05) is 66.9 Å². The van der Waals surface area contributed by atoms with Crippen molar-refractivity contribution < 1.29 is 4.74 Å². The number of ether oxygens (including phenoxy) is 1. The maximum atomic E-state index is 6.28. The molecule has 5 heteroatoms. The molecule has 0 saturated carbocycles. The quantitative estimate of drug-likeness (QED) is 0.734. The fourth-order valence-corrected chi connectivity index (χ4v) is 2.64. The summed E-state index contributed by atoms with van der Waals surface area (Å²) in [4.78, 5) is 8.69. The van der Waals surface area contributed by atoms with Crippen LogP contribution in [0.3, 0.4) is 0 Å². The van der Waals surface area contributed by atoms with E-state index in [0.717, 1.165) is 18.4 Å². The highest BCUT2D eigenvalue weighted by atomic mass is 35.5. The van der Waals surface area contributed by atoms with Crippen molar-refractivity contribution in [2.24, 2.45) is 0 Å². The van der Waals surface area contributed by atoms with Crippen molar-refractivity contribution in [3.63, 3.8) is 0 Å². The highest BCUT2D eigenvalue weighted by Crippen LogP contribution is 2.33. The van der Waals surface area contributed by atoms with Crippen LogP contribution < -0.4 is 0 Å². The minimum Gasteiger partial charge on any atom is -0.373 e. The number of aromatic nitrogens is 2. The number of nitrogens with zero attached hydrogens (tertiary/aromatic N) is 2. The van der Waals surface area contributed by atoms with Gasteiger partial charge in [0.1, 0.15) is 16.4 Å². The second kappa shape index (κ2) is 7.02. The zero-order chi connectivity index (χ0) is 14.5. The zero-order valence-electron chi connectivity index (χ0n) is 11.4. The Kier molecular flexibility index (Phi) is 5.35. The average Bonchev–Trinajstić information content (AvgIpc) is 2.45. The first kappa shape index (κ1) is 15.2. The maximum Gasteiger partial charge on any atom is 0.160 e. The van der Waals surface area contributed by atoms with Gasteiger partial charge in [0.25, 0.3) is 0 Å². The fourth-order valence-electron chi connectivity index (χ4n) is 2.02. The van der Waals surface area contributed by atoms with Gasteiger partial charge in [-0.3, -0.25) is 0 Å². The molecule has 0 saturated heterocycles. The van der Waals surface area contributed by atoms with Gasteiger partial charge in [0.2, 0.25) is 0 Å². The molecule has 1 heterocycles. The smallest absolute Gasteiger partial charge is 0.160 e. The van der Waals surface area contributed by atoms with E-state index < -0.39 is 0 Å². The molecular weight excluding hydrogens is 295 g/mol. The van der Waals surface area contributed by atoms with E-state index in [1.165, 1.54) is 0 Å². The lowest BCUT2D eigenvalue weighted by atomic mass is 10.1. The van der Waals surface area contributed by atoms with Crippen LogP contribution in [0.25, 0.3) is 11.1 Å².